The predicted molar refractivity (Wildman–Crippen MR) is 70.8 cm³/mol. The summed E-state index contributed by atoms with van der Waals surface area (Å²) in [6.07, 6.45) is -3.41. The summed E-state index contributed by atoms with van der Waals surface area (Å²) in [5.41, 5.74) is 6.29. The molecular formula is C14H19F3N2O. The molecule has 1 unspecified atom stereocenters. The number of rotatable bonds is 6. The Morgan fingerprint density at radius 3 is 2.40 bits per heavy atom. The Morgan fingerprint density at radius 2 is 1.90 bits per heavy atom. The number of carbonyl (C=O) groups excluding carboxylic acids is 1. The maximum atomic E-state index is 12.6. The monoisotopic (exact) mass is 288 g/mol. The molecule has 112 valence electrons. The second-order valence-corrected chi connectivity index (χ2v) is 4.69. The highest BCUT2D eigenvalue weighted by molar-refractivity contribution is 5.81. The Kier molecular flexibility index (Phi) is 6.01. The van der Waals surface area contributed by atoms with Gasteiger partial charge < -0.3 is 10.6 Å². The highest BCUT2D eigenvalue weighted by atomic mass is 19.4. The number of halogens is 3. The molecule has 1 amide bonds. The molecule has 0 radical (unpaired) electrons. The summed E-state index contributed by atoms with van der Waals surface area (Å²) in [5.74, 6) is -0.659. The lowest BCUT2D eigenvalue weighted by atomic mass is 10.1. The molecular weight excluding hydrogens is 269 g/mol. The molecule has 3 nitrogen and oxygen atoms in total. The number of nitrogens with zero attached hydrogens (tertiary/aromatic N) is 1. The third-order valence-corrected chi connectivity index (χ3v) is 2.81. The van der Waals surface area contributed by atoms with Crippen molar-refractivity contribution in [2.75, 3.05) is 6.54 Å². The van der Waals surface area contributed by atoms with Gasteiger partial charge in [0.25, 0.3) is 0 Å². The van der Waals surface area contributed by atoms with Crippen LogP contribution in [0.25, 0.3) is 0 Å². The number of hydrogen-bond acceptors (Lipinski definition) is 2. The zero-order valence-corrected chi connectivity index (χ0v) is 11.4. The van der Waals surface area contributed by atoms with E-state index in [0.29, 0.717) is 18.4 Å². The summed E-state index contributed by atoms with van der Waals surface area (Å²) < 4.78 is 37.8. The third kappa shape index (κ3) is 5.61. The molecule has 0 fully saturated rings. The zero-order chi connectivity index (χ0) is 15.2. The van der Waals surface area contributed by atoms with Gasteiger partial charge in [0, 0.05) is 6.54 Å². The number of carbonyl (C=O) groups is 1. The maximum absolute atomic E-state index is 12.6. The van der Waals surface area contributed by atoms with Crippen LogP contribution in [-0.4, -0.2) is 29.6 Å². The fourth-order valence-corrected chi connectivity index (χ4v) is 1.90. The number of hydrogen-bond donors (Lipinski definition) is 1. The normalized spacial score (nSPS) is 13.1. The number of benzene rings is 1. The van der Waals surface area contributed by atoms with Crippen LogP contribution in [0.2, 0.25) is 0 Å². The van der Waals surface area contributed by atoms with Crippen molar-refractivity contribution in [2.24, 2.45) is 5.73 Å². The average molecular weight is 288 g/mol. The molecule has 1 atom stereocenters. The van der Waals surface area contributed by atoms with Crippen molar-refractivity contribution in [3.05, 3.63) is 35.9 Å². The van der Waals surface area contributed by atoms with Gasteiger partial charge in [-0.2, -0.15) is 13.2 Å². The molecule has 1 rings (SSSR count). The fraction of sp³-hybridized carbons (Fsp3) is 0.500. The van der Waals surface area contributed by atoms with Crippen molar-refractivity contribution in [3.8, 4) is 0 Å². The van der Waals surface area contributed by atoms with Crippen LogP contribution in [0.3, 0.4) is 0 Å². The Labute approximate surface area is 116 Å². The highest BCUT2D eigenvalue weighted by Crippen LogP contribution is 2.19. The lowest BCUT2D eigenvalue weighted by molar-refractivity contribution is -0.163. The second-order valence-electron chi connectivity index (χ2n) is 4.69. The summed E-state index contributed by atoms with van der Waals surface area (Å²) in [5, 5.41) is 0. The van der Waals surface area contributed by atoms with E-state index in [0.717, 1.165) is 4.90 Å². The van der Waals surface area contributed by atoms with E-state index < -0.39 is 24.7 Å². The van der Waals surface area contributed by atoms with E-state index in [9.17, 15) is 18.0 Å². The molecule has 0 heterocycles. The van der Waals surface area contributed by atoms with Gasteiger partial charge >= 0.3 is 6.18 Å². The van der Waals surface area contributed by atoms with Crippen LogP contribution in [-0.2, 0) is 11.3 Å². The summed E-state index contributed by atoms with van der Waals surface area (Å²) in [6, 6.07) is 7.69. The van der Waals surface area contributed by atoms with Crippen molar-refractivity contribution >= 4 is 5.91 Å². The lowest BCUT2D eigenvalue weighted by Gasteiger charge is -2.26. The van der Waals surface area contributed by atoms with Gasteiger partial charge in [-0.1, -0.05) is 43.7 Å². The second kappa shape index (κ2) is 7.28. The van der Waals surface area contributed by atoms with Gasteiger partial charge in [0.15, 0.2) is 0 Å². The van der Waals surface area contributed by atoms with E-state index in [4.69, 9.17) is 5.73 Å². The van der Waals surface area contributed by atoms with Crippen molar-refractivity contribution in [2.45, 2.75) is 38.5 Å². The van der Waals surface area contributed by atoms with E-state index in [1.807, 2.05) is 6.92 Å². The van der Waals surface area contributed by atoms with E-state index >= 15 is 0 Å². The Balaban J connectivity index is 2.82. The van der Waals surface area contributed by atoms with E-state index in [1.165, 1.54) is 0 Å². The van der Waals surface area contributed by atoms with Crippen LogP contribution in [0.4, 0.5) is 13.2 Å². The smallest absolute Gasteiger partial charge is 0.328 e. The van der Waals surface area contributed by atoms with Gasteiger partial charge in [0.05, 0.1) is 6.04 Å². The van der Waals surface area contributed by atoms with E-state index in [1.54, 1.807) is 30.3 Å². The molecule has 20 heavy (non-hydrogen) atoms. The first-order valence-corrected chi connectivity index (χ1v) is 6.48. The highest BCUT2D eigenvalue weighted by Gasteiger charge is 2.34. The summed E-state index contributed by atoms with van der Waals surface area (Å²) in [7, 11) is 0. The van der Waals surface area contributed by atoms with Crippen LogP contribution in [0, 0.1) is 0 Å². The predicted octanol–water partition coefficient (Wildman–Crippen LogP) is 2.70. The minimum Gasteiger partial charge on any atom is -0.328 e. The van der Waals surface area contributed by atoms with Crippen molar-refractivity contribution < 1.29 is 18.0 Å². The molecule has 0 aliphatic rings. The first-order valence-electron chi connectivity index (χ1n) is 6.48. The van der Waals surface area contributed by atoms with Gasteiger partial charge in [0.1, 0.15) is 6.54 Å². The summed E-state index contributed by atoms with van der Waals surface area (Å²) in [4.78, 5) is 12.8. The number of nitrogens with two attached hydrogens (primary N) is 1. The van der Waals surface area contributed by atoms with Crippen LogP contribution in [0.5, 0.6) is 0 Å². The SMILES string of the molecule is CCCC(N)C(=O)N(Cc1ccccc1)CC(F)(F)F. The largest absolute Gasteiger partial charge is 0.406 e. The summed E-state index contributed by atoms with van der Waals surface area (Å²) >= 11 is 0. The van der Waals surface area contributed by atoms with Crippen LogP contribution < -0.4 is 5.73 Å². The van der Waals surface area contributed by atoms with Crippen molar-refractivity contribution in [1.29, 1.82) is 0 Å². The first kappa shape index (κ1) is 16.5. The minimum atomic E-state index is -4.43. The molecule has 0 aliphatic heterocycles. The molecule has 1 aromatic rings. The van der Waals surface area contributed by atoms with Gasteiger partial charge in [-0.15, -0.1) is 0 Å². The lowest BCUT2D eigenvalue weighted by Crippen LogP contribution is -2.47. The van der Waals surface area contributed by atoms with Crippen LogP contribution in [0.15, 0.2) is 30.3 Å². The molecule has 0 spiro atoms. The van der Waals surface area contributed by atoms with E-state index in [-0.39, 0.29) is 6.54 Å². The maximum Gasteiger partial charge on any atom is 0.406 e. The fourth-order valence-electron chi connectivity index (χ4n) is 1.90. The van der Waals surface area contributed by atoms with Crippen molar-refractivity contribution in [1.82, 2.24) is 4.90 Å². The molecule has 0 aliphatic carbocycles. The van der Waals surface area contributed by atoms with Crippen molar-refractivity contribution in [3.63, 3.8) is 0 Å². The first-order chi connectivity index (χ1) is 9.33. The third-order valence-electron chi connectivity index (χ3n) is 2.81. The Hall–Kier alpha value is -1.56. The Morgan fingerprint density at radius 1 is 1.30 bits per heavy atom. The molecule has 0 saturated heterocycles. The quantitative estimate of drug-likeness (QED) is 0.875. The minimum absolute atomic E-state index is 0.0867. The van der Waals surface area contributed by atoms with Gasteiger partial charge in [-0.05, 0) is 12.0 Å². The van der Waals surface area contributed by atoms with E-state index in [2.05, 4.69) is 0 Å². The van der Waals surface area contributed by atoms with Gasteiger partial charge in [0.2, 0.25) is 5.91 Å². The zero-order valence-electron chi connectivity index (χ0n) is 11.4. The van der Waals surface area contributed by atoms with Crippen LogP contribution in [0.1, 0.15) is 25.3 Å². The molecule has 0 aromatic heterocycles. The Bertz CT molecular complexity index is 420. The number of alkyl halides is 3. The topological polar surface area (TPSA) is 46.3 Å². The van der Waals surface area contributed by atoms with Gasteiger partial charge in [-0.25, -0.2) is 0 Å². The van der Waals surface area contributed by atoms with Crippen LogP contribution >= 0.6 is 0 Å². The molecule has 0 bridgehead atoms. The molecule has 2 N–H and O–H groups in total. The molecule has 1 aromatic carbocycles. The molecule has 0 saturated carbocycles. The number of amides is 1. The molecule has 6 heteroatoms. The summed E-state index contributed by atoms with van der Waals surface area (Å²) in [6.45, 7) is 0.465. The standard InChI is InChI=1S/C14H19F3N2O/c1-2-6-12(18)13(20)19(10-14(15,16)17)9-11-7-4-3-5-8-11/h3-5,7-8,12H,2,6,9-10,18H2,1H3. The van der Waals surface area contributed by atoms with Gasteiger partial charge in [-0.3, -0.25) is 4.79 Å². The average Bonchev–Trinajstić information content (AvgIpc) is 2.37.